The Hall–Kier alpha value is -5.18. The fourth-order valence-electron chi connectivity index (χ4n) is 4.17. The molecule has 0 fully saturated rings. The molecule has 0 aliphatic rings. The van der Waals surface area contributed by atoms with E-state index in [-0.39, 0.29) is 35.0 Å². The summed E-state index contributed by atoms with van der Waals surface area (Å²) in [5.74, 6) is -1.05. The van der Waals surface area contributed by atoms with E-state index in [1.165, 1.54) is 16.7 Å². The van der Waals surface area contributed by atoms with E-state index in [0.717, 1.165) is 11.1 Å². The first-order valence-corrected chi connectivity index (χ1v) is 11.8. The summed E-state index contributed by atoms with van der Waals surface area (Å²) >= 11 is 0. The van der Waals surface area contributed by atoms with Gasteiger partial charge < -0.3 is 25.9 Å². The molecule has 3 aromatic carbocycles. The quantitative estimate of drug-likeness (QED) is 0.253. The van der Waals surface area contributed by atoms with E-state index in [1.807, 2.05) is 0 Å². The van der Waals surface area contributed by atoms with E-state index >= 15 is 0 Å². The van der Waals surface area contributed by atoms with Crippen LogP contribution in [-0.2, 0) is 13.6 Å². The molecular weight excluding hydrogens is 485 g/mol. The number of rotatable bonds is 6. The summed E-state index contributed by atoms with van der Waals surface area (Å²) < 4.78 is 14.8. The van der Waals surface area contributed by atoms with Crippen molar-refractivity contribution in [2.45, 2.75) is 6.54 Å². The number of nitrogen functional groups attached to an aromatic ring is 1. The average Bonchev–Trinajstić information content (AvgIpc) is 3.37. The molecule has 38 heavy (non-hydrogen) atoms. The average molecular weight is 510 g/mol. The number of aryl methyl sites for hydroxylation is 1. The predicted octanol–water partition coefficient (Wildman–Crippen LogP) is 4.44. The van der Waals surface area contributed by atoms with Crippen LogP contribution in [0, 0.1) is 5.82 Å². The lowest BCUT2D eigenvalue weighted by atomic mass is 10.0. The van der Waals surface area contributed by atoms with Gasteiger partial charge in [0.15, 0.2) is 0 Å². The van der Waals surface area contributed by atoms with Gasteiger partial charge in [-0.25, -0.2) is 4.39 Å². The molecule has 0 aliphatic heterocycles. The first-order chi connectivity index (χ1) is 18.3. The molecular formula is C29H24FN5O3. The number of pyridine rings is 1. The minimum atomic E-state index is -0.394. The smallest absolute Gasteiger partial charge is 0.274 e. The van der Waals surface area contributed by atoms with Crippen molar-refractivity contribution >= 4 is 34.1 Å². The number of carbonyl (C=O) groups is 2. The van der Waals surface area contributed by atoms with Crippen LogP contribution in [0.5, 0.6) is 0 Å². The zero-order chi connectivity index (χ0) is 26.8. The second-order valence-corrected chi connectivity index (χ2v) is 8.86. The van der Waals surface area contributed by atoms with Gasteiger partial charge in [0.2, 0.25) is 0 Å². The van der Waals surface area contributed by atoms with Gasteiger partial charge >= 0.3 is 0 Å². The van der Waals surface area contributed by atoms with E-state index in [1.54, 1.807) is 80.0 Å². The number of hydrogen-bond acceptors (Lipinski definition) is 4. The number of H-pyrrole nitrogens is 1. The van der Waals surface area contributed by atoms with Gasteiger partial charge in [0.1, 0.15) is 17.0 Å². The summed E-state index contributed by atoms with van der Waals surface area (Å²) in [5, 5.41) is 6.17. The van der Waals surface area contributed by atoms with E-state index in [0.29, 0.717) is 27.9 Å². The maximum atomic E-state index is 13.4. The fourth-order valence-corrected chi connectivity index (χ4v) is 4.17. The van der Waals surface area contributed by atoms with Gasteiger partial charge in [-0.2, -0.15) is 0 Å². The molecule has 190 valence electrons. The van der Waals surface area contributed by atoms with Crippen molar-refractivity contribution in [2.75, 3.05) is 11.1 Å². The highest BCUT2D eigenvalue weighted by Gasteiger charge is 2.16. The van der Waals surface area contributed by atoms with Crippen molar-refractivity contribution in [1.82, 2.24) is 14.9 Å². The number of halogens is 1. The standard InChI is InChI=1S/C29H24FN5O3/c1-35-16-22(18-10-12-20(30)13-11-18)21-14-25(33-26(21)29(35)38)28(37)32-15-17-6-8-19(9-7-17)27(36)34-24-5-3-2-4-23(24)31/h2-14,16,33H,15,31H2,1H3,(H,32,37)(H,34,36). The van der Waals surface area contributed by atoms with Crippen LogP contribution in [0.15, 0.2) is 89.9 Å². The predicted molar refractivity (Wildman–Crippen MR) is 145 cm³/mol. The molecule has 2 amide bonds. The van der Waals surface area contributed by atoms with Crippen molar-refractivity contribution in [3.8, 4) is 11.1 Å². The molecule has 8 nitrogen and oxygen atoms in total. The number of fused-ring (bicyclic) bond motifs is 1. The van der Waals surface area contributed by atoms with Crippen LogP contribution < -0.4 is 21.9 Å². The van der Waals surface area contributed by atoms with Gasteiger partial charge in [-0.1, -0.05) is 36.4 Å². The molecule has 0 bridgehead atoms. The highest BCUT2D eigenvalue weighted by Crippen LogP contribution is 2.27. The fraction of sp³-hybridized carbons (Fsp3) is 0.0690. The summed E-state index contributed by atoms with van der Waals surface area (Å²) in [6, 6.07) is 21.4. The third-order valence-electron chi connectivity index (χ3n) is 6.24. The Bertz CT molecular complexity index is 1720. The van der Waals surface area contributed by atoms with Crippen LogP contribution in [0.3, 0.4) is 0 Å². The molecule has 9 heteroatoms. The largest absolute Gasteiger partial charge is 0.397 e. The lowest BCUT2D eigenvalue weighted by Gasteiger charge is -2.09. The molecule has 5 N–H and O–H groups in total. The van der Waals surface area contributed by atoms with Gasteiger partial charge in [-0.3, -0.25) is 14.4 Å². The molecule has 2 aromatic heterocycles. The summed E-state index contributed by atoms with van der Waals surface area (Å²) in [4.78, 5) is 41.1. The van der Waals surface area contributed by atoms with Crippen molar-refractivity contribution in [3.63, 3.8) is 0 Å². The Morgan fingerprint density at radius 2 is 1.68 bits per heavy atom. The maximum Gasteiger partial charge on any atom is 0.274 e. The molecule has 0 atom stereocenters. The van der Waals surface area contributed by atoms with E-state index < -0.39 is 5.91 Å². The minimum Gasteiger partial charge on any atom is -0.397 e. The number of para-hydroxylation sites is 2. The van der Waals surface area contributed by atoms with Gasteiger partial charge in [-0.05, 0) is 53.6 Å². The summed E-state index contributed by atoms with van der Waals surface area (Å²) in [6.45, 7) is 0.213. The Labute approximate surface area is 216 Å². The number of nitrogens with zero attached hydrogens (tertiary/aromatic N) is 1. The topological polar surface area (TPSA) is 122 Å². The molecule has 2 heterocycles. The number of hydrogen-bond donors (Lipinski definition) is 4. The van der Waals surface area contributed by atoms with Crippen LogP contribution in [0.25, 0.3) is 22.0 Å². The molecule has 0 unspecified atom stereocenters. The van der Waals surface area contributed by atoms with Crippen molar-refractivity contribution in [2.24, 2.45) is 7.05 Å². The zero-order valence-electron chi connectivity index (χ0n) is 20.4. The Morgan fingerprint density at radius 3 is 2.39 bits per heavy atom. The number of benzene rings is 3. The number of nitrogens with two attached hydrogens (primary N) is 1. The summed E-state index contributed by atoms with van der Waals surface area (Å²) in [7, 11) is 1.62. The highest BCUT2D eigenvalue weighted by atomic mass is 19.1. The van der Waals surface area contributed by atoms with E-state index in [4.69, 9.17) is 5.73 Å². The van der Waals surface area contributed by atoms with E-state index in [9.17, 15) is 18.8 Å². The number of anilines is 2. The normalized spacial score (nSPS) is 10.9. The molecule has 0 spiro atoms. The number of nitrogens with one attached hydrogen (secondary N) is 3. The summed E-state index contributed by atoms with van der Waals surface area (Å²) in [6.07, 6.45) is 1.66. The lowest BCUT2D eigenvalue weighted by molar-refractivity contribution is 0.0945. The highest BCUT2D eigenvalue weighted by molar-refractivity contribution is 6.06. The molecule has 0 saturated carbocycles. The van der Waals surface area contributed by atoms with Gasteiger partial charge in [0, 0.05) is 36.3 Å². The molecule has 0 radical (unpaired) electrons. The van der Waals surface area contributed by atoms with Crippen molar-refractivity contribution in [1.29, 1.82) is 0 Å². The number of carbonyl (C=O) groups excluding carboxylic acids is 2. The number of aromatic nitrogens is 2. The Balaban J connectivity index is 1.30. The van der Waals surface area contributed by atoms with Crippen molar-refractivity contribution in [3.05, 3.63) is 118 Å². The first-order valence-electron chi connectivity index (χ1n) is 11.8. The monoisotopic (exact) mass is 509 g/mol. The van der Waals surface area contributed by atoms with Crippen LogP contribution >= 0.6 is 0 Å². The molecule has 0 saturated heterocycles. The third kappa shape index (κ3) is 4.90. The second kappa shape index (κ2) is 10.1. The van der Waals surface area contributed by atoms with Crippen LogP contribution in [-0.4, -0.2) is 21.4 Å². The Kier molecular flexibility index (Phi) is 6.49. The summed E-state index contributed by atoms with van der Waals surface area (Å²) in [5.41, 5.74) is 9.76. The first kappa shape index (κ1) is 24.5. The third-order valence-corrected chi connectivity index (χ3v) is 6.24. The van der Waals surface area contributed by atoms with Crippen LogP contribution in [0.2, 0.25) is 0 Å². The number of aromatic amines is 1. The van der Waals surface area contributed by atoms with Crippen molar-refractivity contribution < 1.29 is 14.0 Å². The lowest BCUT2D eigenvalue weighted by Crippen LogP contribution is -2.23. The van der Waals surface area contributed by atoms with Gasteiger partial charge in [0.25, 0.3) is 17.4 Å². The van der Waals surface area contributed by atoms with Gasteiger partial charge in [0.05, 0.1) is 11.4 Å². The zero-order valence-corrected chi connectivity index (χ0v) is 20.4. The van der Waals surface area contributed by atoms with E-state index in [2.05, 4.69) is 15.6 Å². The maximum absolute atomic E-state index is 13.4. The van der Waals surface area contributed by atoms with Crippen LogP contribution in [0.4, 0.5) is 15.8 Å². The SMILES string of the molecule is Cn1cc(-c2ccc(F)cc2)c2cc(C(=O)NCc3ccc(C(=O)Nc4ccccc4N)cc3)[nH]c2c1=O. The van der Waals surface area contributed by atoms with Crippen LogP contribution in [0.1, 0.15) is 26.4 Å². The number of amides is 2. The second-order valence-electron chi connectivity index (χ2n) is 8.86. The minimum absolute atomic E-state index is 0.213. The van der Waals surface area contributed by atoms with Gasteiger partial charge in [-0.15, -0.1) is 0 Å². The Morgan fingerprint density at radius 1 is 0.974 bits per heavy atom. The molecule has 5 aromatic rings. The molecule has 0 aliphatic carbocycles. The molecule has 5 rings (SSSR count).